The molecule has 0 heterocycles. The van der Waals surface area contributed by atoms with E-state index in [0.717, 1.165) is 17.5 Å². The van der Waals surface area contributed by atoms with Crippen molar-refractivity contribution in [2.24, 2.45) is 0 Å². The third kappa shape index (κ3) is 6.46. The van der Waals surface area contributed by atoms with Gasteiger partial charge in [-0.25, -0.2) is 0 Å². The molecule has 0 fully saturated rings. The van der Waals surface area contributed by atoms with Gasteiger partial charge in [-0.15, -0.1) is 0 Å². The second-order valence-corrected chi connectivity index (χ2v) is 8.20. The lowest BCUT2D eigenvalue weighted by Crippen LogP contribution is -2.37. The Kier molecular flexibility index (Phi) is 8.11. The number of hydrogen-bond acceptors (Lipinski definition) is 3. The molecule has 0 saturated heterocycles. The van der Waals surface area contributed by atoms with E-state index in [4.69, 9.17) is 44.3 Å². The number of halogens is 3. The summed E-state index contributed by atoms with van der Waals surface area (Å²) in [7, 11) is 0. The maximum atomic E-state index is 6.50. The second-order valence-electron chi connectivity index (χ2n) is 6.95. The molecule has 0 atom stereocenters. The molecule has 0 aliphatic carbocycles. The van der Waals surface area contributed by atoms with E-state index >= 15 is 0 Å². The highest BCUT2D eigenvalue weighted by Crippen LogP contribution is 2.38. The third-order valence-corrected chi connectivity index (χ3v) is 5.28. The molecule has 0 radical (unpaired) electrons. The highest BCUT2D eigenvalue weighted by molar-refractivity contribution is 6.35. The van der Waals surface area contributed by atoms with Crippen molar-refractivity contribution in [3.8, 4) is 11.5 Å². The van der Waals surface area contributed by atoms with Gasteiger partial charge >= 0.3 is 0 Å². The molecule has 2 aromatic rings. The van der Waals surface area contributed by atoms with Crippen molar-refractivity contribution >= 4 is 34.8 Å². The van der Waals surface area contributed by atoms with Crippen molar-refractivity contribution in [3.63, 3.8) is 0 Å². The van der Waals surface area contributed by atoms with Crippen molar-refractivity contribution in [2.75, 3.05) is 6.61 Å². The molecule has 0 spiro atoms. The van der Waals surface area contributed by atoms with Gasteiger partial charge in [0.1, 0.15) is 6.61 Å². The maximum absolute atomic E-state index is 6.50. The lowest BCUT2D eigenvalue weighted by Gasteiger charge is -2.25. The summed E-state index contributed by atoms with van der Waals surface area (Å²) < 4.78 is 11.7. The second kappa shape index (κ2) is 9.88. The van der Waals surface area contributed by atoms with Gasteiger partial charge in [0, 0.05) is 27.7 Å². The normalized spacial score (nSPS) is 11.5. The lowest BCUT2D eigenvalue weighted by molar-refractivity contribution is 0.269. The fourth-order valence-corrected chi connectivity index (χ4v) is 3.13. The highest BCUT2D eigenvalue weighted by Gasteiger charge is 2.17. The van der Waals surface area contributed by atoms with Crippen LogP contribution < -0.4 is 14.8 Å². The van der Waals surface area contributed by atoms with Crippen molar-refractivity contribution in [1.29, 1.82) is 0 Å². The zero-order valence-corrected chi connectivity index (χ0v) is 18.4. The van der Waals surface area contributed by atoms with Crippen LogP contribution in [0.1, 0.15) is 45.2 Å². The number of hydrogen-bond donors (Lipinski definition) is 1. The van der Waals surface area contributed by atoms with Gasteiger partial charge in [0.05, 0.1) is 11.6 Å². The average molecular weight is 431 g/mol. The minimum Gasteiger partial charge on any atom is -0.490 e. The Balaban J connectivity index is 2.19. The van der Waals surface area contributed by atoms with Crippen LogP contribution >= 0.6 is 34.8 Å². The summed E-state index contributed by atoms with van der Waals surface area (Å²) in [6.07, 6.45) is 1.03. The molecule has 6 heteroatoms. The Morgan fingerprint density at radius 2 is 1.70 bits per heavy atom. The zero-order valence-electron chi connectivity index (χ0n) is 16.2. The van der Waals surface area contributed by atoms with Gasteiger partial charge in [0.2, 0.25) is 0 Å². The van der Waals surface area contributed by atoms with Crippen LogP contribution in [0, 0.1) is 0 Å². The van der Waals surface area contributed by atoms with Gasteiger partial charge in [-0.05, 0) is 57.0 Å². The van der Waals surface area contributed by atoms with Gasteiger partial charge in [-0.1, -0.05) is 47.8 Å². The molecule has 0 aliphatic rings. The summed E-state index contributed by atoms with van der Waals surface area (Å²) in [5, 5.41) is 5.18. The molecule has 0 unspecified atom stereocenters. The first kappa shape index (κ1) is 22.2. The first-order valence-electron chi connectivity index (χ1n) is 9.02. The largest absolute Gasteiger partial charge is 0.490 e. The smallest absolute Gasteiger partial charge is 0.180 e. The van der Waals surface area contributed by atoms with E-state index in [-0.39, 0.29) is 12.1 Å². The molecule has 27 heavy (non-hydrogen) atoms. The zero-order chi connectivity index (χ0) is 20.0. The molecule has 3 nitrogen and oxygen atoms in total. The summed E-state index contributed by atoms with van der Waals surface area (Å²) in [5.41, 5.74) is 1.93. The topological polar surface area (TPSA) is 30.5 Å². The summed E-state index contributed by atoms with van der Waals surface area (Å²) in [6.45, 7) is 9.92. The number of benzene rings is 2. The number of nitrogens with one attached hydrogen (secondary N) is 1. The van der Waals surface area contributed by atoms with Gasteiger partial charge in [0.15, 0.2) is 11.5 Å². The summed E-state index contributed by atoms with van der Waals surface area (Å²) in [5.74, 6) is 1.14. The quantitative estimate of drug-likeness (QED) is 0.469. The molecule has 1 N–H and O–H groups in total. The van der Waals surface area contributed by atoms with E-state index in [1.807, 2.05) is 25.1 Å². The van der Waals surface area contributed by atoms with Crippen LogP contribution in [0.25, 0.3) is 0 Å². The summed E-state index contributed by atoms with van der Waals surface area (Å²) in [6, 6.07) is 9.18. The van der Waals surface area contributed by atoms with Gasteiger partial charge in [-0.2, -0.15) is 0 Å². The molecule has 2 rings (SSSR count). The van der Waals surface area contributed by atoms with E-state index in [1.165, 1.54) is 0 Å². The van der Waals surface area contributed by atoms with Crippen LogP contribution in [0.15, 0.2) is 30.3 Å². The highest BCUT2D eigenvalue weighted by atomic mass is 35.5. The van der Waals surface area contributed by atoms with Gasteiger partial charge < -0.3 is 14.8 Å². The molecule has 0 aliphatic heterocycles. The molecule has 148 valence electrons. The predicted molar refractivity (Wildman–Crippen MR) is 115 cm³/mol. The van der Waals surface area contributed by atoms with Crippen molar-refractivity contribution in [2.45, 2.75) is 52.8 Å². The maximum Gasteiger partial charge on any atom is 0.180 e. The minimum absolute atomic E-state index is 0.0543. The minimum atomic E-state index is 0.0543. The first-order chi connectivity index (χ1) is 12.8. The van der Waals surface area contributed by atoms with E-state index in [2.05, 4.69) is 26.1 Å². The molecular formula is C21H26Cl3NO2. The van der Waals surface area contributed by atoms with E-state index < -0.39 is 0 Å². The van der Waals surface area contributed by atoms with Gasteiger partial charge in [0.25, 0.3) is 0 Å². The average Bonchev–Trinajstić information content (AvgIpc) is 2.61. The SMILES string of the molecule is CCOc1cc(CNC(C)(C)CC)cc(Cl)c1OCc1ccc(Cl)cc1Cl. The van der Waals surface area contributed by atoms with Crippen LogP contribution in [-0.4, -0.2) is 12.1 Å². The Bertz CT molecular complexity index is 778. The Hall–Kier alpha value is -1.13. The van der Waals surface area contributed by atoms with E-state index in [1.54, 1.807) is 12.1 Å². The van der Waals surface area contributed by atoms with Crippen molar-refractivity contribution in [1.82, 2.24) is 5.32 Å². The van der Waals surface area contributed by atoms with Gasteiger partial charge in [-0.3, -0.25) is 0 Å². The molecule has 0 saturated carbocycles. The van der Waals surface area contributed by atoms with Crippen LogP contribution in [0.4, 0.5) is 0 Å². The lowest BCUT2D eigenvalue weighted by atomic mass is 10.0. The predicted octanol–water partition coefficient (Wildman–Crippen LogP) is 6.90. The molecule has 0 amide bonds. The van der Waals surface area contributed by atoms with E-state index in [0.29, 0.717) is 39.7 Å². The molecule has 2 aromatic carbocycles. The van der Waals surface area contributed by atoms with E-state index in [9.17, 15) is 0 Å². The Morgan fingerprint density at radius 1 is 0.963 bits per heavy atom. The standard InChI is InChI=1S/C21H26Cl3NO2/c1-5-21(3,4)25-12-14-9-18(24)20(19(10-14)26-6-2)27-13-15-7-8-16(22)11-17(15)23/h7-11,25H,5-6,12-13H2,1-4H3. The fraction of sp³-hybridized carbons (Fsp3) is 0.429. The fourth-order valence-electron chi connectivity index (χ4n) is 2.38. The van der Waals surface area contributed by atoms with Crippen LogP contribution in [0.3, 0.4) is 0 Å². The third-order valence-electron chi connectivity index (χ3n) is 4.41. The molecular weight excluding hydrogens is 405 g/mol. The molecule has 0 bridgehead atoms. The summed E-state index contributed by atoms with van der Waals surface area (Å²) in [4.78, 5) is 0. The first-order valence-corrected chi connectivity index (χ1v) is 10.2. The summed E-state index contributed by atoms with van der Waals surface area (Å²) >= 11 is 18.7. The Morgan fingerprint density at radius 3 is 2.33 bits per heavy atom. The Labute approximate surface area is 176 Å². The number of rotatable bonds is 9. The van der Waals surface area contributed by atoms with Crippen molar-refractivity contribution in [3.05, 3.63) is 56.5 Å². The van der Waals surface area contributed by atoms with Crippen molar-refractivity contribution < 1.29 is 9.47 Å². The molecule has 0 aromatic heterocycles. The monoisotopic (exact) mass is 429 g/mol. The number of ether oxygens (including phenoxy) is 2. The van der Waals surface area contributed by atoms with Crippen LogP contribution in [-0.2, 0) is 13.2 Å². The van der Waals surface area contributed by atoms with Crippen LogP contribution in [0.2, 0.25) is 15.1 Å². The van der Waals surface area contributed by atoms with Crippen LogP contribution in [0.5, 0.6) is 11.5 Å².